The van der Waals surface area contributed by atoms with E-state index in [0.29, 0.717) is 38.9 Å². The lowest BCUT2D eigenvalue weighted by Gasteiger charge is -2.42. The number of benzene rings is 2. The van der Waals surface area contributed by atoms with E-state index in [-0.39, 0.29) is 29.6 Å². The molecule has 0 N–H and O–H groups in total. The molecule has 1 atom stereocenters. The van der Waals surface area contributed by atoms with Crippen LogP contribution in [0.4, 0.5) is 8.78 Å². The molecule has 7 nitrogen and oxygen atoms in total. The first kappa shape index (κ1) is 25.4. The fourth-order valence-corrected chi connectivity index (χ4v) is 5.72. The maximum absolute atomic E-state index is 14.1. The van der Waals surface area contributed by atoms with Gasteiger partial charge in [-0.15, -0.1) is 0 Å². The van der Waals surface area contributed by atoms with Gasteiger partial charge in [0.2, 0.25) is 11.8 Å². The molecule has 2 amide bonds. The number of piperidine rings is 1. The maximum atomic E-state index is 14.1. The number of likely N-dealkylation sites (tertiary alicyclic amines) is 1. The van der Waals surface area contributed by atoms with E-state index in [0.717, 1.165) is 29.7 Å². The van der Waals surface area contributed by atoms with Crippen LogP contribution in [0.25, 0.3) is 0 Å². The number of hydrogen-bond acceptors (Lipinski definition) is 5. The van der Waals surface area contributed by atoms with Crippen LogP contribution in [0.1, 0.15) is 43.0 Å². The Bertz CT molecular complexity index is 1110. The molecule has 198 valence electrons. The van der Waals surface area contributed by atoms with E-state index in [1.54, 1.807) is 19.2 Å². The molecule has 3 fully saturated rings. The number of carbonyl (C=O) groups excluding carboxylic acids is 2. The van der Waals surface area contributed by atoms with Crippen LogP contribution in [0, 0.1) is 5.92 Å². The van der Waals surface area contributed by atoms with Gasteiger partial charge in [0.1, 0.15) is 23.2 Å². The number of alkyl halides is 2. The highest BCUT2D eigenvalue weighted by atomic mass is 19.3. The third-order valence-electron chi connectivity index (χ3n) is 8.03. The van der Waals surface area contributed by atoms with Crippen molar-refractivity contribution in [3.8, 4) is 11.5 Å². The number of likely N-dealkylation sites (N-methyl/N-ethyl adjacent to an activating group) is 1. The average molecular weight is 514 g/mol. The molecule has 0 bridgehead atoms. The van der Waals surface area contributed by atoms with Crippen molar-refractivity contribution in [3.63, 3.8) is 0 Å². The van der Waals surface area contributed by atoms with Crippen molar-refractivity contribution in [1.29, 1.82) is 0 Å². The van der Waals surface area contributed by atoms with Crippen LogP contribution in [-0.2, 0) is 16.0 Å². The maximum Gasteiger partial charge on any atom is 0.387 e. The molecule has 9 heteroatoms. The molecular weight excluding hydrogens is 480 g/mol. The van der Waals surface area contributed by atoms with Crippen LogP contribution in [0.5, 0.6) is 11.5 Å². The first-order chi connectivity index (χ1) is 17.8. The monoisotopic (exact) mass is 513 g/mol. The first-order valence-electron chi connectivity index (χ1n) is 12.8. The number of methoxy groups -OCH3 is 1. The Morgan fingerprint density at radius 1 is 1.03 bits per heavy atom. The molecule has 37 heavy (non-hydrogen) atoms. The number of nitrogens with zero attached hydrogens (tertiary/aromatic N) is 3. The summed E-state index contributed by atoms with van der Waals surface area (Å²) in [5.41, 5.74) is 1.21. The van der Waals surface area contributed by atoms with Gasteiger partial charge in [0.15, 0.2) is 0 Å². The molecule has 1 saturated carbocycles. The van der Waals surface area contributed by atoms with E-state index < -0.39 is 12.2 Å². The standard InChI is InChI=1S/C28H33F2N3O4/c1-31-24(20-7-11-23(12-8-20)37-27(29)30)33(16-13-19-3-9-22(36-2)10-4-19)26(35)28(31)14-17-32(18-15-28)25(34)21-5-6-21/h3-4,7-12,21,24,27H,5-6,13-18H2,1-2H3. The molecule has 2 aliphatic heterocycles. The van der Waals surface area contributed by atoms with Crippen LogP contribution in [0.3, 0.4) is 0 Å². The Kier molecular flexibility index (Phi) is 7.07. The Morgan fingerprint density at radius 3 is 2.22 bits per heavy atom. The van der Waals surface area contributed by atoms with Gasteiger partial charge in [-0.05, 0) is 74.5 Å². The fraction of sp³-hybridized carbons (Fsp3) is 0.500. The minimum atomic E-state index is -2.89. The van der Waals surface area contributed by atoms with Crippen molar-refractivity contribution in [2.45, 2.75) is 50.4 Å². The van der Waals surface area contributed by atoms with Gasteiger partial charge in [0.25, 0.3) is 0 Å². The van der Waals surface area contributed by atoms with E-state index in [2.05, 4.69) is 9.64 Å². The zero-order valence-corrected chi connectivity index (χ0v) is 21.2. The molecule has 0 aromatic heterocycles. The number of ether oxygens (including phenoxy) is 2. The van der Waals surface area contributed by atoms with Crippen LogP contribution < -0.4 is 9.47 Å². The smallest absolute Gasteiger partial charge is 0.387 e. The van der Waals surface area contributed by atoms with Crippen LogP contribution >= 0.6 is 0 Å². The largest absolute Gasteiger partial charge is 0.497 e. The number of hydrogen-bond donors (Lipinski definition) is 0. The first-order valence-corrected chi connectivity index (χ1v) is 12.8. The van der Waals surface area contributed by atoms with Crippen LogP contribution in [-0.4, -0.2) is 72.5 Å². The molecule has 2 saturated heterocycles. The molecule has 3 aliphatic rings. The van der Waals surface area contributed by atoms with Gasteiger partial charge in [-0.2, -0.15) is 8.78 Å². The lowest BCUT2D eigenvalue weighted by Crippen LogP contribution is -2.56. The Labute approximate surface area is 215 Å². The van der Waals surface area contributed by atoms with Crippen molar-refractivity contribution in [2.24, 2.45) is 5.92 Å². The summed E-state index contributed by atoms with van der Waals surface area (Å²) < 4.78 is 35.1. The second-order valence-electron chi connectivity index (χ2n) is 10.2. The lowest BCUT2D eigenvalue weighted by molar-refractivity contribution is -0.141. The molecule has 2 aromatic carbocycles. The van der Waals surface area contributed by atoms with Crippen molar-refractivity contribution in [3.05, 3.63) is 59.7 Å². The van der Waals surface area contributed by atoms with Crippen LogP contribution in [0.2, 0.25) is 0 Å². The van der Waals surface area contributed by atoms with Crippen molar-refractivity contribution in [2.75, 3.05) is 33.8 Å². The molecule has 1 spiro atoms. The van der Waals surface area contributed by atoms with E-state index in [1.165, 1.54) is 12.1 Å². The molecule has 0 radical (unpaired) electrons. The van der Waals surface area contributed by atoms with Gasteiger partial charge in [0, 0.05) is 25.6 Å². The topological polar surface area (TPSA) is 62.3 Å². The molecule has 2 heterocycles. The minimum absolute atomic E-state index is 0.0555. The van der Waals surface area contributed by atoms with Gasteiger partial charge in [-0.3, -0.25) is 14.5 Å². The summed E-state index contributed by atoms with van der Waals surface area (Å²) >= 11 is 0. The molecule has 1 aliphatic carbocycles. The third kappa shape index (κ3) is 5.01. The fourth-order valence-electron chi connectivity index (χ4n) is 5.72. The summed E-state index contributed by atoms with van der Waals surface area (Å²) in [4.78, 5) is 32.6. The second kappa shape index (κ2) is 10.3. The highest BCUT2D eigenvalue weighted by Crippen LogP contribution is 2.45. The number of halogens is 2. The summed E-state index contributed by atoms with van der Waals surface area (Å²) in [5, 5.41) is 0. The predicted octanol–water partition coefficient (Wildman–Crippen LogP) is 4.08. The molecular formula is C28H33F2N3O4. The zero-order chi connectivity index (χ0) is 26.2. The van der Waals surface area contributed by atoms with Crippen LogP contribution in [0.15, 0.2) is 48.5 Å². The quantitative estimate of drug-likeness (QED) is 0.532. The van der Waals surface area contributed by atoms with Gasteiger partial charge in [-0.1, -0.05) is 24.3 Å². The van der Waals surface area contributed by atoms with E-state index in [9.17, 15) is 18.4 Å². The number of carbonyl (C=O) groups is 2. The molecule has 1 unspecified atom stereocenters. The number of amides is 2. The highest BCUT2D eigenvalue weighted by Gasteiger charge is 2.57. The summed E-state index contributed by atoms with van der Waals surface area (Å²) in [7, 11) is 3.58. The summed E-state index contributed by atoms with van der Waals surface area (Å²) in [6.45, 7) is -1.27. The minimum Gasteiger partial charge on any atom is -0.497 e. The average Bonchev–Trinajstić information content (AvgIpc) is 3.74. The lowest BCUT2D eigenvalue weighted by atomic mass is 9.85. The third-order valence-corrected chi connectivity index (χ3v) is 8.03. The summed E-state index contributed by atoms with van der Waals surface area (Å²) in [6, 6.07) is 14.3. The predicted molar refractivity (Wildman–Crippen MR) is 133 cm³/mol. The Morgan fingerprint density at radius 2 is 1.65 bits per heavy atom. The van der Waals surface area contributed by atoms with Gasteiger partial charge < -0.3 is 19.3 Å². The normalized spacial score (nSPS) is 21.6. The second-order valence-corrected chi connectivity index (χ2v) is 10.2. The van der Waals surface area contributed by atoms with E-state index >= 15 is 0 Å². The SMILES string of the molecule is COc1ccc(CCN2C(=O)C3(CCN(C(=O)C4CC4)CC3)N(C)C2c2ccc(OC(F)F)cc2)cc1. The van der Waals surface area contributed by atoms with E-state index in [4.69, 9.17) is 4.74 Å². The zero-order valence-electron chi connectivity index (χ0n) is 21.2. The Balaban J connectivity index is 1.38. The molecule has 5 rings (SSSR count). The van der Waals surface area contributed by atoms with Gasteiger partial charge in [-0.25, -0.2) is 0 Å². The van der Waals surface area contributed by atoms with Gasteiger partial charge >= 0.3 is 6.61 Å². The van der Waals surface area contributed by atoms with E-state index in [1.807, 2.05) is 41.1 Å². The summed E-state index contributed by atoms with van der Waals surface area (Å²) in [5.74, 6) is 1.28. The summed E-state index contributed by atoms with van der Waals surface area (Å²) in [6.07, 6.45) is 3.38. The van der Waals surface area contributed by atoms with Gasteiger partial charge in [0.05, 0.1) is 7.11 Å². The number of rotatable bonds is 8. The highest BCUT2D eigenvalue weighted by molar-refractivity contribution is 5.90. The van der Waals surface area contributed by atoms with Crippen molar-refractivity contribution in [1.82, 2.24) is 14.7 Å². The van der Waals surface area contributed by atoms with Crippen molar-refractivity contribution >= 4 is 11.8 Å². The van der Waals surface area contributed by atoms with Crippen molar-refractivity contribution < 1.29 is 27.8 Å². The Hall–Kier alpha value is -3.20. The molecule has 2 aromatic rings.